The number of nitrogens with zero attached hydrogens (tertiary/aromatic N) is 2. The number of hydrogen-bond acceptors (Lipinski definition) is 3. The molecule has 1 unspecified atom stereocenters. The van der Waals surface area contributed by atoms with Gasteiger partial charge in [0.1, 0.15) is 17.4 Å². The first-order valence-electron chi connectivity index (χ1n) is 9.35. The van der Waals surface area contributed by atoms with Crippen LogP contribution in [0.15, 0.2) is 65.1 Å². The van der Waals surface area contributed by atoms with Gasteiger partial charge in [0.25, 0.3) is 0 Å². The number of para-hydroxylation sites is 1. The third-order valence-corrected chi connectivity index (χ3v) is 5.16. The van der Waals surface area contributed by atoms with Crippen molar-refractivity contribution >= 4 is 16.9 Å². The van der Waals surface area contributed by atoms with E-state index in [9.17, 15) is 4.79 Å². The highest BCUT2D eigenvalue weighted by molar-refractivity contribution is 5.81. The predicted molar refractivity (Wildman–Crippen MR) is 109 cm³/mol. The van der Waals surface area contributed by atoms with Crippen molar-refractivity contribution in [2.75, 3.05) is 0 Å². The van der Waals surface area contributed by atoms with Crippen molar-refractivity contribution in [3.05, 3.63) is 88.9 Å². The van der Waals surface area contributed by atoms with Crippen molar-refractivity contribution in [2.45, 2.75) is 26.3 Å². The molecule has 28 heavy (non-hydrogen) atoms. The third-order valence-electron chi connectivity index (χ3n) is 5.16. The van der Waals surface area contributed by atoms with Gasteiger partial charge in [0.05, 0.1) is 12.1 Å². The summed E-state index contributed by atoms with van der Waals surface area (Å²) < 4.78 is 7.87. The number of rotatable bonds is 5. The molecule has 0 radical (unpaired) electrons. The van der Waals surface area contributed by atoms with Crippen LogP contribution in [0.25, 0.3) is 11.0 Å². The second-order valence-electron chi connectivity index (χ2n) is 7.05. The number of fused-ring (bicyclic) bond motifs is 1. The largest absolute Gasteiger partial charge is 0.459 e. The van der Waals surface area contributed by atoms with Crippen molar-refractivity contribution in [1.82, 2.24) is 15.1 Å². The maximum atomic E-state index is 12.9. The first-order valence-corrected chi connectivity index (χ1v) is 9.35. The third kappa shape index (κ3) is 3.43. The Morgan fingerprint density at radius 1 is 1.11 bits per heavy atom. The number of carbonyl (C=O) groups is 1. The molecule has 0 saturated carbocycles. The average molecular weight is 373 g/mol. The zero-order valence-corrected chi connectivity index (χ0v) is 16.3. The van der Waals surface area contributed by atoms with Crippen LogP contribution in [0, 0.1) is 13.8 Å². The number of amides is 1. The molecule has 0 bridgehead atoms. The summed E-state index contributed by atoms with van der Waals surface area (Å²) in [5.74, 6) is 0.661. The number of aryl methyl sites for hydroxylation is 2. The number of nitrogens with one attached hydrogen (secondary N) is 1. The van der Waals surface area contributed by atoms with E-state index in [0.717, 1.165) is 39.2 Å². The van der Waals surface area contributed by atoms with E-state index < -0.39 is 0 Å². The highest BCUT2D eigenvalue weighted by Gasteiger charge is 2.22. The molecular weight excluding hydrogens is 350 g/mol. The highest BCUT2D eigenvalue weighted by Crippen LogP contribution is 2.28. The monoisotopic (exact) mass is 373 g/mol. The molecule has 2 heterocycles. The highest BCUT2D eigenvalue weighted by atomic mass is 16.3. The molecule has 0 fully saturated rings. The van der Waals surface area contributed by atoms with E-state index >= 15 is 0 Å². The van der Waals surface area contributed by atoms with E-state index in [2.05, 4.69) is 10.4 Å². The molecule has 1 amide bonds. The Morgan fingerprint density at radius 3 is 2.50 bits per heavy atom. The minimum Gasteiger partial charge on any atom is -0.459 e. The van der Waals surface area contributed by atoms with Gasteiger partial charge in [-0.25, -0.2) is 0 Å². The molecule has 0 saturated heterocycles. The van der Waals surface area contributed by atoms with Crippen LogP contribution in [0.3, 0.4) is 0 Å². The zero-order valence-electron chi connectivity index (χ0n) is 16.3. The SMILES string of the molecule is Cc1nn(C)c(C)c1CC(=O)NC(c1ccccc1)c1cc2ccccc2o1. The molecule has 2 aromatic carbocycles. The molecule has 5 heteroatoms. The fourth-order valence-electron chi connectivity index (χ4n) is 3.55. The Balaban J connectivity index is 1.65. The molecule has 1 N–H and O–H groups in total. The van der Waals surface area contributed by atoms with Crippen LogP contribution in [-0.4, -0.2) is 15.7 Å². The lowest BCUT2D eigenvalue weighted by Gasteiger charge is -2.17. The number of aromatic nitrogens is 2. The number of furan rings is 1. The zero-order chi connectivity index (χ0) is 19.7. The molecular formula is C23H23N3O2. The van der Waals surface area contributed by atoms with E-state index in [-0.39, 0.29) is 18.4 Å². The van der Waals surface area contributed by atoms with Gasteiger partial charge in [0, 0.05) is 23.7 Å². The summed E-state index contributed by atoms with van der Waals surface area (Å²) in [6.07, 6.45) is 0.287. The van der Waals surface area contributed by atoms with Crippen LogP contribution in [0.5, 0.6) is 0 Å². The maximum absolute atomic E-state index is 12.9. The molecule has 142 valence electrons. The summed E-state index contributed by atoms with van der Waals surface area (Å²) in [4.78, 5) is 12.9. The minimum absolute atomic E-state index is 0.0616. The minimum atomic E-state index is -0.349. The topological polar surface area (TPSA) is 60.1 Å². The smallest absolute Gasteiger partial charge is 0.225 e. The van der Waals surface area contributed by atoms with Crippen LogP contribution < -0.4 is 5.32 Å². The summed E-state index contributed by atoms with van der Waals surface area (Å²) in [5, 5.41) is 8.58. The van der Waals surface area contributed by atoms with E-state index in [1.54, 1.807) is 0 Å². The van der Waals surface area contributed by atoms with Gasteiger partial charge in [0.2, 0.25) is 5.91 Å². The lowest BCUT2D eigenvalue weighted by atomic mass is 10.0. The molecule has 5 nitrogen and oxygen atoms in total. The van der Waals surface area contributed by atoms with Gasteiger partial charge < -0.3 is 9.73 Å². The lowest BCUT2D eigenvalue weighted by Crippen LogP contribution is -2.30. The quantitative estimate of drug-likeness (QED) is 0.569. The molecule has 1 atom stereocenters. The number of hydrogen-bond donors (Lipinski definition) is 1. The molecule has 0 aliphatic rings. The summed E-state index contributed by atoms with van der Waals surface area (Å²) in [6.45, 7) is 3.92. The van der Waals surface area contributed by atoms with Gasteiger partial charge in [-0.1, -0.05) is 48.5 Å². The number of carbonyl (C=O) groups excluding carboxylic acids is 1. The predicted octanol–water partition coefficient (Wildman–Crippen LogP) is 4.23. The Kier molecular flexibility index (Phi) is 4.74. The van der Waals surface area contributed by atoms with Crippen molar-refractivity contribution < 1.29 is 9.21 Å². The number of benzene rings is 2. The first-order chi connectivity index (χ1) is 13.5. The van der Waals surface area contributed by atoms with Crippen LogP contribution in [0.1, 0.15) is 34.3 Å². The van der Waals surface area contributed by atoms with Crippen LogP contribution in [-0.2, 0) is 18.3 Å². The summed E-state index contributed by atoms with van der Waals surface area (Å²) in [7, 11) is 1.89. The van der Waals surface area contributed by atoms with Crippen LogP contribution in [0.4, 0.5) is 0 Å². The van der Waals surface area contributed by atoms with Gasteiger partial charge in [0.15, 0.2) is 0 Å². The van der Waals surface area contributed by atoms with Crippen molar-refractivity contribution in [1.29, 1.82) is 0 Å². The van der Waals surface area contributed by atoms with Crippen molar-refractivity contribution in [3.8, 4) is 0 Å². The van der Waals surface area contributed by atoms with E-state index in [1.807, 2.05) is 86.2 Å². The van der Waals surface area contributed by atoms with Crippen molar-refractivity contribution in [2.24, 2.45) is 7.05 Å². The fourth-order valence-corrected chi connectivity index (χ4v) is 3.55. The molecule has 0 aliphatic heterocycles. The van der Waals surface area contributed by atoms with Gasteiger partial charge in [-0.3, -0.25) is 9.48 Å². The van der Waals surface area contributed by atoms with Gasteiger partial charge in [-0.05, 0) is 31.5 Å². The van der Waals surface area contributed by atoms with E-state index in [0.29, 0.717) is 0 Å². The van der Waals surface area contributed by atoms with Gasteiger partial charge in [-0.15, -0.1) is 0 Å². The van der Waals surface area contributed by atoms with Crippen LogP contribution in [0.2, 0.25) is 0 Å². The molecule has 0 spiro atoms. The van der Waals surface area contributed by atoms with Gasteiger partial charge in [-0.2, -0.15) is 5.10 Å². The Morgan fingerprint density at radius 2 is 1.82 bits per heavy atom. The average Bonchev–Trinajstić information content (AvgIpc) is 3.23. The standard InChI is InChI=1S/C23H23N3O2/c1-15-19(16(2)26(3)25-15)14-22(27)24-23(17-9-5-4-6-10-17)21-13-18-11-7-8-12-20(18)28-21/h4-13,23H,14H2,1-3H3,(H,24,27). The first kappa shape index (κ1) is 18.0. The maximum Gasteiger partial charge on any atom is 0.225 e. The van der Waals surface area contributed by atoms with Gasteiger partial charge >= 0.3 is 0 Å². The van der Waals surface area contributed by atoms with E-state index in [4.69, 9.17) is 4.42 Å². The Bertz CT molecular complexity index is 1090. The molecule has 4 rings (SSSR count). The normalized spacial score (nSPS) is 12.2. The molecule has 0 aliphatic carbocycles. The van der Waals surface area contributed by atoms with E-state index in [1.165, 1.54) is 0 Å². The molecule has 2 aromatic heterocycles. The summed E-state index contributed by atoms with van der Waals surface area (Å²) in [6, 6.07) is 19.4. The fraction of sp³-hybridized carbons (Fsp3) is 0.217. The summed E-state index contributed by atoms with van der Waals surface area (Å²) in [5.41, 5.74) is 4.65. The molecule has 4 aromatic rings. The van der Waals surface area contributed by atoms with Crippen molar-refractivity contribution in [3.63, 3.8) is 0 Å². The summed E-state index contributed by atoms with van der Waals surface area (Å²) >= 11 is 0. The second kappa shape index (κ2) is 7.35. The Labute approximate surface area is 164 Å². The Hall–Kier alpha value is -3.34. The van der Waals surface area contributed by atoms with Crippen LogP contribution >= 0.6 is 0 Å². The lowest BCUT2D eigenvalue weighted by molar-refractivity contribution is -0.121. The second-order valence-corrected chi connectivity index (χ2v) is 7.05.